The smallest absolute Gasteiger partial charge is 0.324 e. The van der Waals surface area contributed by atoms with Crippen molar-refractivity contribution in [1.82, 2.24) is 0 Å². The van der Waals surface area contributed by atoms with Crippen molar-refractivity contribution in [3.8, 4) is 0 Å². The van der Waals surface area contributed by atoms with E-state index in [-0.39, 0.29) is 9.90 Å². The second-order valence-electron chi connectivity index (χ2n) is 4.15. The van der Waals surface area contributed by atoms with Crippen LogP contribution in [-0.2, 0) is 16.4 Å². The highest BCUT2D eigenvalue weighted by Gasteiger charge is 2.09. The summed E-state index contributed by atoms with van der Waals surface area (Å²) in [6.07, 6.45) is 1.15. The van der Waals surface area contributed by atoms with E-state index in [1.165, 1.54) is 18.2 Å². The topological polar surface area (TPSA) is 89.3 Å². The van der Waals surface area contributed by atoms with E-state index < -0.39 is 14.8 Å². The molecular formula is C12H12N2O4S2. The summed E-state index contributed by atoms with van der Waals surface area (Å²) in [6.45, 7) is 0.455. The average Bonchev–Trinajstić information content (AvgIpc) is 2.85. The van der Waals surface area contributed by atoms with Crippen LogP contribution in [0.15, 0.2) is 41.3 Å². The number of nitrogens with zero attached hydrogens (tertiary/aromatic N) is 1. The molecule has 0 saturated heterocycles. The third-order valence-electron chi connectivity index (χ3n) is 2.58. The predicted molar refractivity (Wildman–Crippen MR) is 77.9 cm³/mol. The fourth-order valence-electron chi connectivity index (χ4n) is 1.57. The van der Waals surface area contributed by atoms with Gasteiger partial charge >= 0.3 is 5.00 Å². The van der Waals surface area contributed by atoms with Crippen LogP contribution in [-0.4, -0.2) is 19.6 Å². The van der Waals surface area contributed by atoms with Gasteiger partial charge in [-0.1, -0.05) is 11.3 Å². The number of nitrogens with one attached hydrogen (secondary N) is 1. The molecule has 0 bridgehead atoms. The van der Waals surface area contributed by atoms with E-state index in [9.17, 15) is 18.5 Å². The summed E-state index contributed by atoms with van der Waals surface area (Å²) in [4.78, 5) is 11.2. The summed E-state index contributed by atoms with van der Waals surface area (Å²) >= 11 is 1.11. The third-order valence-corrected chi connectivity index (χ3v) is 4.74. The van der Waals surface area contributed by atoms with E-state index in [1.54, 1.807) is 18.2 Å². The van der Waals surface area contributed by atoms with Crippen molar-refractivity contribution < 1.29 is 13.3 Å². The maximum atomic E-state index is 11.3. The van der Waals surface area contributed by atoms with E-state index in [4.69, 9.17) is 0 Å². The van der Waals surface area contributed by atoms with E-state index in [0.29, 0.717) is 6.54 Å². The number of anilines is 1. The summed E-state index contributed by atoms with van der Waals surface area (Å²) in [6, 6.07) is 9.54. The third kappa shape index (κ3) is 3.55. The number of sulfone groups is 1. The SMILES string of the molecule is CS(=O)(=O)c1ccc(NCc2ccc([N+](=O)[O-])s2)cc1. The summed E-state index contributed by atoms with van der Waals surface area (Å²) < 4.78 is 22.6. The molecule has 0 aliphatic rings. The molecule has 2 rings (SSSR count). The molecule has 1 heterocycles. The molecule has 2 aromatic rings. The molecule has 0 amide bonds. The summed E-state index contributed by atoms with van der Waals surface area (Å²) in [5.41, 5.74) is 0.758. The minimum absolute atomic E-state index is 0.106. The van der Waals surface area contributed by atoms with Crippen LogP contribution in [0.2, 0.25) is 0 Å². The summed E-state index contributed by atoms with van der Waals surface area (Å²) in [5.74, 6) is 0. The Labute approximate surface area is 120 Å². The molecule has 0 aliphatic heterocycles. The minimum atomic E-state index is -3.19. The number of nitro groups is 1. The molecular weight excluding hydrogens is 300 g/mol. The summed E-state index contributed by atoms with van der Waals surface area (Å²) in [5, 5.41) is 13.7. The monoisotopic (exact) mass is 312 g/mol. The molecule has 6 nitrogen and oxygen atoms in total. The first kappa shape index (κ1) is 14.5. The van der Waals surface area contributed by atoms with Gasteiger partial charge in [0.15, 0.2) is 9.84 Å². The lowest BCUT2D eigenvalue weighted by molar-refractivity contribution is -0.380. The van der Waals surface area contributed by atoms with Gasteiger partial charge in [-0.05, 0) is 30.3 Å². The lowest BCUT2D eigenvalue weighted by atomic mass is 10.3. The van der Waals surface area contributed by atoms with Gasteiger partial charge in [0.25, 0.3) is 0 Å². The Morgan fingerprint density at radius 1 is 1.20 bits per heavy atom. The fraction of sp³-hybridized carbons (Fsp3) is 0.167. The lowest BCUT2D eigenvalue weighted by Gasteiger charge is -2.05. The number of thiophene rings is 1. The summed E-state index contributed by atoms with van der Waals surface area (Å²) in [7, 11) is -3.19. The van der Waals surface area contributed by atoms with Gasteiger partial charge in [0.1, 0.15) is 0 Å². The number of hydrogen-bond donors (Lipinski definition) is 1. The van der Waals surface area contributed by atoms with E-state index in [2.05, 4.69) is 5.32 Å². The van der Waals surface area contributed by atoms with Crippen molar-refractivity contribution in [1.29, 1.82) is 0 Å². The predicted octanol–water partition coefficient (Wildman–Crippen LogP) is 2.67. The zero-order valence-corrected chi connectivity index (χ0v) is 12.2. The van der Waals surface area contributed by atoms with Crippen molar-refractivity contribution in [3.05, 3.63) is 51.4 Å². The molecule has 1 aromatic heterocycles. The van der Waals surface area contributed by atoms with Crippen LogP contribution < -0.4 is 5.32 Å². The lowest BCUT2D eigenvalue weighted by Crippen LogP contribution is -1.99. The highest BCUT2D eigenvalue weighted by atomic mass is 32.2. The van der Waals surface area contributed by atoms with Gasteiger partial charge in [-0.25, -0.2) is 8.42 Å². The maximum absolute atomic E-state index is 11.3. The zero-order chi connectivity index (χ0) is 14.8. The van der Waals surface area contributed by atoms with E-state index >= 15 is 0 Å². The molecule has 0 atom stereocenters. The molecule has 0 saturated carbocycles. The number of hydrogen-bond acceptors (Lipinski definition) is 6. The van der Waals surface area contributed by atoms with Crippen molar-refractivity contribution in [3.63, 3.8) is 0 Å². The van der Waals surface area contributed by atoms with Crippen LogP contribution >= 0.6 is 11.3 Å². The first-order chi connectivity index (χ1) is 9.36. The first-order valence-corrected chi connectivity index (χ1v) is 8.34. The van der Waals surface area contributed by atoms with Gasteiger partial charge in [-0.15, -0.1) is 0 Å². The van der Waals surface area contributed by atoms with Gasteiger partial charge in [-0.3, -0.25) is 10.1 Å². The average molecular weight is 312 g/mol. The Morgan fingerprint density at radius 3 is 2.35 bits per heavy atom. The molecule has 0 fully saturated rings. The van der Waals surface area contributed by atoms with Crippen molar-refractivity contribution in [2.24, 2.45) is 0 Å². The van der Waals surface area contributed by atoms with Crippen LogP contribution in [0, 0.1) is 10.1 Å². The highest BCUT2D eigenvalue weighted by molar-refractivity contribution is 7.90. The Hall–Kier alpha value is -1.93. The van der Waals surface area contributed by atoms with Gasteiger partial charge in [-0.2, -0.15) is 0 Å². The van der Waals surface area contributed by atoms with Crippen molar-refractivity contribution >= 4 is 31.9 Å². The number of benzene rings is 1. The van der Waals surface area contributed by atoms with E-state index in [0.717, 1.165) is 28.2 Å². The molecule has 8 heteroatoms. The fourth-order valence-corrected chi connectivity index (χ4v) is 2.96. The molecule has 0 unspecified atom stereocenters. The Balaban J connectivity index is 2.02. The molecule has 0 radical (unpaired) electrons. The largest absolute Gasteiger partial charge is 0.380 e. The first-order valence-electron chi connectivity index (χ1n) is 5.63. The van der Waals surface area contributed by atoms with Gasteiger partial charge in [0.2, 0.25) is 0 Å². The van der Waals surface area contributed by atoms with Crippen LogP contribution in [0.4, 0.5) is 10.7 Å². The Bertz CT molecular complexity index is 720. The van der Waals surface area contributed by atoms with Gasteiger partial charge in [0.05, 0.1) is 9.82 Å². The molecule has 1 aromatic carbocycles. The van der Waals surface area contributed by atoms with Crippen LogP contribution in [0.25, 0.3) is 0 Å². The molecule has 1 N–H and O–H groups in total. The standard InChI is InChI=1S/C12H12N2O4S2/c1-20(17,18)11-5-2-9(3-6-11)13-8-10-4-7-12(19-10)14(15)16/h2-7,13H,8H2,1H3. The molecule has 20 heavy (non-hydrogen) atoms. The van der Waals surface area contributed by atoms with Gasteiger partial charge < -0.3 is 5.32 Å². The second kappa shape index (κ2) is 5.59. The zero-order valence-electron chi connectivity index (χ0n) is 10.6. The van der Waals surface area contributed by atoms with Crippen LogP contribution in [0.3, 0.4) is 0 Å². The van der Waals surface area contributed by atoms with E-state index in [1.807, 2.05) is 0 Å². The number of rotatable bonds is 5. The maximum Gasteiger partial charge on any atom is 0.324 e. The molecule has 0 aliphatic carbocycles. The second-order valence-corrected chi connectivity index (χ2v) is 7.31. The van der Waals surface area contributed by atoms with Crippen LogP contribution in [0.5, 0.6) is 0 Å². The Morgan fingerprint density at radius 2 is 1.85 bits per heavy atom. The molecule has 106 valence electrons. The Kier molecular flexibility index (Phi) is 4.05. The minimum Gasteiger partial charge on any atom is -0.380 e. The molecule has 0 spiro atoms. The van der Waals surface area contributed by atoms with Crippen molar-refractivity contribution in [2.45, 2.75) is 11.4 Å². The quantitative estimate of drug-likeness (QED) is 0.677. The van der Waals surface area contributed by atoms with Gasteiger partial charge in [0, 0.05) is 29.4 Å². The highest BCUT2D eigenvalue weighted by Crippen LogP contribution is 2.24. The van der Waals surface area contributed by atoms with Crippen molar-refractivity contribution in [2.75, 3.05) is 11.6 Å². The normalized spacial score (nSPS) is 11.2. The van der Waals surface area contributed by atoms with Crippen LogP contribution in [0.1, 0.15) is 4.88 Å².